The van der Waals surface area contributed by atoms with E-state index >= 15 is 0 Å². The molecule has 1 fully saturated rings. The van der Waals surface area contributed by atoms with Gasteiger partial charge in [0.15, 0.2) is 6.10 Å². The van der Waals surface area contributed by atoms with E-state index in [0.717, 1.165) is 4.47 Å². The fourth-order valence-corrected chi connectivity index (χ4v) is 2.57. The van der Waals surface area contributed by atoms with Crippen LogP contribution in [0.4, 0.5) is 0 Å². The number of hydrogen-bond acceptors (Lipinski definition) is 4. The van der Waals surface area contributed by atoms with E-state index in [2.05, 4.69) is 15.9 Å². The van der Waals surface area contributed by atoms with Crippen LogP contribution in [-0.2, 0) is 14.3 Å². The van der Waals surface area contributed by atoms with Crippen molar-refractivity contribution in [3.8, 4) is 0 Å². The lowest BCUT2D eigenvalue weighted by molar-refractivity contribution is -0.149. The molecule has 1 saturated heterocycles. The summed E-state index contributed by atoms with van der Waals surface area (Å²) in [5, 5.41) is 10.4. The number of halogens is 1. The minimum Gasteiger partial charge on any atom is -0.507 e. The molecule has 1 unspecified atom stereocenters. The van der Waals surface area contributed by atoms with E-state index in [4.69, 9.17) is 4.74 Å². The molecule has 2 aromatic carbocycles. The van der Waals surface area contributed by atoms with E-state index in [1.807, 2.05) is 0 Å². The van der Waals surface area contributed by atoms with Gasteiger partial charge in [-0.15, -0.1) is 0 Å². The Morgan fingerprint density at radius 1 is 1.00 bits per heavy atom. The number of aliphatic hydroxyl groups is 1. The Labute approximate surface area is 135 Å². The summed E-state index contributed by atoms with van der Waals surface area (Å²) in [6.45, 7) is 0. The monoisotopic (exact) mass is 358 g/mol. The van der Waals surface area contributed by atoms with Crippen molar-refractivity contribution in [3.63, 3.8) is 0 Å². The number of rotatable bonds is 2. The highest BCUT2D eigenvalue weighted by Gasteiger charge is 2.42. The smallest absolute Gasteiger partial charge is 0.380 e. The molecule has 0 aliphatic carbocycles. The van der Waals surface area contributed by atoms with Crippen molar-refractivity contribution in [2.24, 2.45) is 0 Å². The number of Topliss-reactive ketones (excluding diaryl/α,β-unsaturated/α-hetero) is 1. The van der Waals surface area contributed by atoms with Crippen molar-refractivity contribution < 1.29 is 19.4 Å². The van der Waals surface area contributed by atoms with Crippen LogP contribution in [0.1, 0.15) is 17.2 Å². The topological polar surface area (TPSA) is 63.6 Å². The first kappa shape index (κ1) is 14.5. The van der Waals surface area contributed by atoms with Crippen molar-refractivity contribution in [2.45, 2.75) is 6.10 Å². The molecule has 0 saturated carbocycles. The fraction of sp³-hybridized carbons (Fsp3) is 0.0588. The van der Waals surface area contributed by atoms with Gasteiger partial charge in [-0.2, -0.15) is 0 Å². The number of ketones is 1. The largest absolute Gasteiger partial charge is 0.507 e. The molecule has 0 aromatic heterocycles. The van der Waals surface area contributed by atoms with Crippen molar-refractivity contribution in [3.05, 3.63) is 75.8 Å². The van der Waals surface area contributed by atoms with E-state index in [-0.39, 0.29) is 11.3 Å². The maximum absolute atomic E-state index is 12.1. The number of aliphatic hydroxyl groups excluding tert-OH is 1. The van der Waals surface area contributed by atoms with E-state index in [1.54, 1.807) is 54.6 Å². The Morgan fingerprint density at radius 2 is 1.64 bits per heavy atom. The minimum atomic E-state index is -0.953. The SMILES string of the molecule is O=C1OC(c2ccc(Br)cc2)/C(=C(\O)c2ccccc2)C1=O. The highest BCUT2D eigenvalue weighted by molar-refractivity contribution is 9.10. The van der Waals surface area contributed by atoms with E-state index in [0.29, 0.717) is 11.1 Å². The van der Waals surface area contributed by atoms with Gasteiger partial charge in [0.2, 0.25) is 0 Å². The van der Waals surface area contributed by atoms with Gasteiger partial charge in [-0.05, 0) is 17.7 Å². The maximum Gasteiger partial charge on any atom is 0.380 e. The number of hydrogen-bond donors (Lipinski definition) is 1. The van der Waals surface area contributed by atoms with Gasteiger partial charge >= 0.3 is 5.97 Å². The van der Waals surface area contributed by atoms with Crippen LogP contribution in [0, 0.1) is 0 Å². The lowest BCUT2D eigenvalue weighted by Crippen LogP contribution is -2.08. The second-order valence-electron chi connectivity index (χ2n) is 4.79. The maximum atomic E-state index is 12.1. The molecule has 1 aliphatic rings. The Balaban J connectivity index is 2.11. The van der Waals surface area contributed by atoms with Gasteiger partial charge in [0.25, 0.3) is 5.78 Å². The Bertz CT molecular complexity index is 763. The Hall–Kier alpha value is -2.40. The Morgan fingerprint density at radius 3 is 2.27 bits per heavy atom. The second kappa shape index (κ2) is 5.77. The zero-order chi connectivity index (χ0) is 15.7. The van der Waals surface area contributed by atoms with Gasteiger partial charge in [0.1, 0.15) is 5.76 Å². The molecular formula is C17H11BrO4. The van der Waals surface area contributed by atoms with Gasteiger partial charge < -0.3 is 9.84 Å². The first-order chi connectivity index (χ1) is 10.6. The normalized spacial score (nSPS) is 20.0. The summed E-state index contributed by atoms with van der Waals surface area (Å²) in [6, 6.07) is 15.6. The predicted molar refractivity (Wildman–Crippen MR) is 84.0 cm³/mol. The molecule has 4 nitrogen and oxygen atoms in total. The number of carbonyl (C=O) groups is 2. The highest BCUT2D eigenvalue weighted by atomic mass is 79.9. The van der Waals surface area contributed by atoms with E-state index < -0.39 is 17.9 Å². The molecule has 0 spiro atoms. The molecule has 0 amide bonds. The summed E-state index contributed by atoms with van der Waals surface area (Å²) in [6.07, 6.45) is -0.895. The minimum absolute atomic E-state index is 0.0291. The number of esters is 1. The molecule has 1 N–H and O–H groups in total. The highest BCUT2D eigenvalue weighted by Crippen LogP contribution is 2.37. The quantitative estimate of drug-likeness (QED) is 0.385. The van der Waals surface area contributed by atoms with Crippen LogP contribution in [0.3, 0.4) is 0 Å². The first-order valence-electron chi connectivity index (χ1n) is 6.57. The van der Waals surface area contributed by atoms with Crippen LogP contribution < -0.4 is 0 Å². The first-order valence-corrected chi connectivity index (χ1v) is 7.36. The van der Waals surface area contributed by atoms with Crippen LogP contribution in [0.15, 0.2) is 64.6 Å². The average Bonchev–Trinajstić information content (AvgIpc) is 2.84. The molecule has 5 heteroatoms. The molecule has 1 atom stereocenters. The summed E-state index contributed by atoms with van der Waals surface area (Å²) in [5.41, 5.74) is 1.06. The molecule has 22 heavy (non-hydrogen) atoms. The molecule has 110 valence electrons. The molecular weight excluding hydrogens is 348 g/mol. The molecule has 1 heterocycles. The number of carbonyl (C=O) groups excluding carboxylic acids is 2. The number of benzene rings is 2. The summed E-state index contributed by atoms with van der Waals surface area (Å²) in [4.78, 5) is 23.7. The molecule has 0 bridgehead atoms. The number of ether oxygens (including phenoxy) is 1. The Kier molecular flexibility index (Phi) is 3.81. The third-order valence-electron chi connectivity index (χ3n) is 3.39. The third-order valence-corrected chi connectivity index (χ3v) is 3.92. The lowest BCUT2D eigenvalue weighted by atomic mass is 9.97. The van der Waals surface area contributed by atoms with Crippen LogP contribution in [0.2, 0.25) is 0 Å². The van der Waals surface area contributed by atoms with Gasteiger partial charge in [-0.1, -0.05) is 58.4 Å². The lowest BCUT2D eigenvalue weighted by Gasteiger charge is -2.12. The van der Waals surface area contributed by atoms with Crippen LogP contribution in [-0.4, -0.2) is 16.9 Å². The van der Waals surface area contributed by atoms with Gasteiger partial charge in [-0.25, -0.2) is 4.79 Å². The summed E-state index contributed by atoms with van der Waals surface area (Å²) in [7, 11) is 0. The fourth-order valence-electron chi connectivity index (χ4n) is 2.30. The molecule has 1 aliphatic heterocycles. The van der Waals surface area contributed by atoms with Crippen LogP contribution >= 0.6 is 15.9 Å². The van der Waals surface area contributed by atoms with Crippen molar-refractivity contribution in [1.82, 2.24) is 0 Å². The van der Waals surface area contributed by atoms with E-state index in [1.165, 1.54) is 0 Å². The van der Waals surface area contributed by atoms with E-state index in [9.17, 15) is 14.7 Å². The average molecular weight is 359 g/mol. The third kappa shape index (κ3) is 2.55. The van der Waals surface area contributed by atoms with Crippen LogP contribution in [0.5, 0.6) is 0 Å². The molecule has 0 radical (unpaired) electrons. The van der Waals surface area contributed by atoms with Gasteiger partial charge in [-0.3, -0.25) is 4.79 Å². The standard InChI is InChI=1S/C17H11BrO4/c18-12-8-6-11(7-9-12)16-13(15(20)17(21)22-16)14(19)10-4-2-1-3-5-10/h1-9,16,19H/b14-13-. The zero-order valence-electron chi connectivity index (χ0n) is 11.3. The summed E-state index contributed by atoms with van der Waals surface area (Å²) in [5.74, 6) is -2.00. The summed E-state index contributed by atoms with van der Waals surface area (Å²) < 4.78 is 6.00. The van der Waals surface area contributed by atoms with Gasteiger partial charge in [0.05, 0.1) is 5.57 Å². The predicted octanol–water partition coefficient (Wildman–Crippen LogP) is 3.59. The van der Waals surface area contributed by atoms with Crippen molar-refractivity contribution in [1.29, 1.82) is 0 Å². The van der Waals surface area contributed by atoms with Crippen molar-refractivity contribution >= 4 is 33.4 Å². The second-order valence-corrected chi connectivity index (χ2v) is 5.71. The number of cyclic esters (lactones) is 1. The van der Waals surface area contributed by atoms with Crippen molar-refractivity contribution in [2.75, 3.05) is 0 Å². The summed E-state index contributed by atoms with van der Waals surface area (Å²) >= 11 is 3.32. The zero-order valence-corrected chi connectivity index (χ0v) is 12.9. The van der Waals surface area contributed by atoms with Gasteiger partial charge in [0, 0.05) is 10.0 Å². The molecule has 2 aromatic rings. The molecule has 3 rings (SSSR count). The van der Waals surface area contributed by atoms with Crippen LogP contribution in [0.25, 0.3) is 5.76 Å².